The highest BCUT2D eigenvalue weighted by molar-refractivity contribution is 5.86. The van der Waals surface area contributed by atoms with E-state index >= 15 is 0 Å². The lowest BCUT2D eigenvalue weighted by atomic mass is 9.97. The van der Waals surface area contributed by atoms with E-state index in [0.29, 0.717) is 0 Å². The summed E-state index contributed by atoms with van der Waals surface area (Å²) in [4.78, 5) is 2.40. The van der Waals surface area contributed by atoms with Crippen molar-refractivity contribution in [3.8, 4) is 0 Å². The minimum atomic E-state index is -4.28. The van der Waals surface area contributed by atoms with Gasteiger partial charge in [-0.25, -0.2) is 0 Å². The van der Waals surface area contributed by atoms with Crippen LogP contribution in [0.15, 0.2) is 72.8 Å². The molecule has 0 fully saturated rings. The number of hydrogen-bond acceptors (Lipinski definition) is 1. The van der Waals surface area contributed by atoms with E-state index in [-0.39, 0.29) is 12.4 Å². The Morgan fingerprint density at radius 2 is 1.59 bits per heavy atom. The summed E-state index contributed by atoms with van der Waals surface area (Å²) >= 11 is 0. The molecule has 5 heteroatoms. The van der Waals surface area contributed by atoms with Crippen LogP contribution in [0.1, 0.15) is 23.1 Å². The van der Waals surface area contributed by atoms with Crippen LogP contribution in [0.4, 0.5) is 13.2 Å². The summed E-state index contributed by atoms with van der Waals surface area (Å²) in [5.74, 6) is 0. The summed E-state index contributed by atoms with van der Waals surface area (Å²) in [6, 6.07) is 20.4. The zero-order valence-corrected chi connectivity index (χ0v) is 16.8. The molecule has 0 spiro atoms. The fourth-order valence-corrected chi connectivity index (χ4v) is 3.84. The fourth-order valence-electron chi connectivity index (χ4n) is 3.84. The zero-order valence-electron chi connectivity index (χ0n) is 16.0. The van der Waals surface area contributed by atoms with Crippen LogP contribution in [-0.4, -0.2) is 24.5 Å². The van der Waals surface area contributed by atoms with Crippen molar-refractivity contribution in [2.45, 2.75) is 19.0 Å². The second-order valence-electron chi connectivity index (χ2n) is 7.24. The highest BCUT2D eigenvalue weighted by Crippen LogP contribution is 2.31. The molecule has 3 aromatic rings. The van der Waals surface area contributed by atoms with Gasteiger partial charge in [0.25, 0.3) is 0 Å². The van der Waals surface area contributed by atoms with Crippen molar-refractivity contribution in [1.82, 2.24) is 4.90 Å². The molecule has 0 saturated heterocycles. The van der Waals surface area contributed by atoms with Gasteiger partial charge in [0, 0.05) is 19.6 Å². The van der Waals surface area contributed by atoms with Crippen molar-refractivity contribution >= 4 is 28.8 Å². The average Bonchev–Trinajstić information content (AvgIpc) is 2.72. The maximum absolute atomic E-state index is 12.7. The molecule has 0 aromatic heterocycles. The van der Waals surface area contributed by atoms with Crippen LogP contribution in [0.25, 0.3) is 16.3 Å². The second-order valence-corrected chi connectivity index (χ2v) is 7.24. The number of halogens is 4. The molecule has 0 atom stereocenters. The smallest absolute Gasteiger partial charge is 0.299 e. The topological polar surface area (TPSA) is 3.24 Å². The van der Waals surface area contributed by atoms with Gasteiger partial charge in [-0.05, 0) is 52.4 Å². The first kappa shape index (κ1) is 21.4. The fraction of sp³-hybridized carbons (Fsp3) is 0.250. The molecule has 0 amide bonds. The van der Waals surface area contributed by atoms with Crippen molar-refractivity contribution in [3.05, 3.63) is 89.5 Å². The summed E-state index contributed by atoms with van der Waals surface area (Å²) in [7, 11) is 0. The Morgan fingerprint density at radius 1 is 0.862 bits per heavy atom. The Kier molecular flexibility index (Phi) is 6.66. The van der Waals surface area contributed by atoms with Gasteiger partial charge in [0.2, 0.25) is 0 Å². The Bertz CT molecular complexity index is 988. The summed E-state index contributed by atoms with van der Waals surface area (Å²) < 4.78 is 38.1. The lowest BCUT2D eigenvalue weighted by Gasteiger charge is -2.26. The molecular weight excluding hydrogens is 395 g/mol. The van der Waals surface area contributed by atoms with Crippen LogP contribution >= 0.6 is 12.4 Å². The van der Waals surface area contributed by atoms with Gasteiger partial charge in [0.15, 0.2) is 0 Å². The standard InChI is InChI=1S/C24H22F3N.ClH/c25-24(26,27)22-10-8-18(9-11-22)19-12-15-28(16-13-19)17-14-21-6-3-5-20-4-1-2-7-23(20)21;/h1-12H,13-17H2;1H. The molecule has 1 heterocycles. The van der Waals surface area contributed by atoms with Crippen molar-refractivity contribution in [2.24, 2.45) is 0 Å². The quantitative estimate of drug-likeness (QED) is 0.461. The van der Waals surface area contributed by atoms with Crippen LogP contribution in [0, 0.1) is 0 Å². The van der Waals surface area contributed by atoms with Crippen molar-refractivity contribution < 1.29 is 13.2 Å². The van der Waals surface area contributed by atoms with Gasteiger partial charge in [-0.15, -0.1) is 12.4 Å². The molecule has 0 unspecified atom stereocenters. The lowest BCUT2D eigenvalue weighted by molar-refractivity contribution is -0.137. The molecule has 0 N–H and O–H groups in total. The molecule has 0 saturated carbocycles. The van der Waals surface area contributed by atoms with Gasteiger partial charge in [-0.2, -0.15) is 13.2 Å². The van der Waals surface area contributed by atoms with Crippen LogP contribution in [-0.2, 0) is 12.6 Å². The van der Waals surface area contributed by atoms with Gasteiger partial charge >= 0.3 is 6.18 Å². The van der Waals surface area contributed by atoms with Crippen molar-refractivity contribution in [1.29, 1.82) is 0 Å². The van der Waals surface area contributed by atoms with E-state index < -0.39 is 11.7 Å². The second kappa shape index (κ2) is 9.02. The van der Waals surface area contributed by atoms with Gasteiger partial charge in [-0.1, -0.05) is 60.7 Å². The normalized spacial score (nSPS) is 15.1. The third-order valence-corrected chi connectivity index (χ3v) is 5.45. The molecule has 29 heavy (non-hydrogen) atoms. The van der Waals surface area contributed by atoms with Gasteiger partial charge in [0.1, 0.15) is 0 Å². The largest absolute Gasteiger partial charge is 0.416 e. The molecule has 1 aliphatic heterocycles. The third kappa shape index (κ3) is 5.01. The van der Waals surface area contributed by atoms with Crippen LogP contribution in [0.3, 0.4) is 0 Å². The first-order valence-corrected chi connectivity index (χ1v) is 9.56. The summed E-state index contributed by atoms with van der Waals surface area (Å²) in [6.45, 7) is 2.74. The molecule has 4 rings (SSSR count). The van der Waals surface area contributed by atoms with Crippen LogP contribution in [0.2, 0.25) is 0 Å². The van der Waals surface area contributed by atoms with E-state index in [1.165, 1.54) is 28.5 Å². The highest BCUT2D eigenvalue weighted by atomic mass is 35.5. The van der Waals surface area contributed by atoms with Crippen LogP contribution < -0.4 is 0 Å². The average molecular weight is 418 g/mol. The zero-order chi connectivity index (χ0) is 19.6. The first-order chi connectivity index (χ1) is 13.5. The summed E-state index contributed by atoms with van der Waals surface area (Å²) in [6.07, 6.45) is -0.279. The van der Waals surface area contributed by atoms with E-state index in [2.05, 4.69) is 53.4 Å². The molecule has 1 aliphatic rings. The van der Waals surface area contributed by atoms with E-state index in [4.69, 9.17) is 0 Å². The maximum atomic E-state index is 12.7. The Balaban J connectivity index is 0.00000240. The van der Waals surface area contributed by atoms with E-state index in [9.17, 15) is 13.2 Å². The van der Waals surface area contributed by atoms with Crippen molar-refractivity contribution in [2.75, 3.05) is 19.6 Å². The van der Waals surface area contributed by atoms with E-state index in [0.717, 1.165) is 43.6 Å². The highest BCUT2D eigenvalue weighted by Gasteiger charge is 2.30. The third-order valence-electron chi connectivity index (χ3n) is 5.45. The molecule has 1 nitrogen and oxygen atoms in total. The minimum absolute atomic E-state index is 0. The Hall–Kier alpha value is -2.30. The molecule has 0 radical (unpaired) electrons. The van der Waals surface area contributed by atoms with Gasteiger partial charge < -0.3 is 0 Å². The predicted molar refractivity (Wildman–Crippen MR) is 115 cm³/mol. The van der Waals surface area contributed by atoms with Gasteiger partial charge in [0.05, 0.1) is 5.56 Å². The predicted octanol–water partition coefficient (Wildman–Crippen LogP) is 6.61. The molecule has 152 valence electrons. The van der Waals surface area contributed by atoms with E-state index in [1.807, 2.05) is 0 Å². The summed E-state index contributed by atoms with van der Waals surface area (Å²) in [5, 5.41) is 2.58. The van der Waals surface area contributed by atoms with E-state index in [1.54, 1.807) is 12.1 Å². The Morgan fingerprint density at radius 3 is 2.28 bits per heavy atom. The molecule has 0 bridgehead atoms. The molecule has 3 aromatic carbocycles. The number of nitrogens with zero attached hydrogens (tertiary/aromatic N) is 1. The van der Waals surface area contributed by atoms with Crippen LogP contribution in [0.5, 0.6) is 0 Å². The molecule has 0 aliphatic carbocycles. The minimum Gasteiger partial charge on any atom is -0.299 e. The summed E-state index contributed by atoms with van der Waals surface area (Å²) in [5.41, 5.74) is 2.79. The first-order valence-electron chi connectivity index (χ1n) is 9.56. The SMILES string of the molecule is Cl.FC(F)(F)c1ccc(C2=CCN(CCc3cccc4ccccc34)CC2)cc1. The number of hydrogen-bond donors (Lipinski definition) is 0. The molecular formula is C24H23ClF3N. The maximum Gasteiger partial charge on any atom is 0.416 e. The van der Waals surface area contributed by atoms with Gasteiger partial charge in [-0.3, -0.25) is 4.90 Å². The van der Waals surface area contributed by atoms with Crippen molar-refractivity contribution in [3.63, 3.8) is 0 Å². The number of rotatable bonds is 4. The monoisotopic (exact) mass is 417 g/mol. The number of benzene rings is 3. The lowest BCUT2D eigenvalue weighted by Crippen LogP contribution is -2.30. The number of fused-ring (bicyclic) bond motifs is 1. The Labute approximate surface area is 175 Å². The number of alkyl halides is 3.